The van der Waals surface area contributed by atoms with Gasteiger partial charge in [-0.25, -0.2) is 19.2 Å². The Bertz CT molecular complexity index is 303. The van der Waals surface area contributed by atoms with E-state index in [2.05, 4.69) is 9.97 Å². The lowest BCUT2D eigenvalue weighted by Crippen LogP contribution is -2.08. The number of nitrogens with zero attached hydrogens (tertiary/aromatic N) is 2. The second-order valence-electron chi connectivity index (χ2n) is 2.29. The predicted molar refractivity (Wildman–Crippen MR) is 38.3 cm³/mol. The van der Waals surface area contributed by atoms with Gasteiger partial charge in [-0.2, -0.15) is 0 Å². The van der Waals surface area contributed by atoms with Gasteiger partial charge in [0.25, 0.3) is 0 Å². The predicted octanol–water partition coefficient (Wildman–Crippen LogP) is 0.880. The molecule has 5 heteroatoms. The van der Waals surface area contributed by atoms with Gasteiger partial charge < -0.3 is 5.11 Å². The van der Waals surface area contributed by atoms with E-state index in [1.54, 1.807) is 6.92 Å². The minimum Gasteiger partial charge on any atom is -0.479 e. The monoisotopic (exact) mass is 170 g/mol. The molecule has 0 bridgehead atoms. The lowest BCUT2D eigenvalue weighted by Gasteiger charge is -2.01. The van der Waals surface area contributed by atoms with Crippen molar-refractivity contribution in [3.63, 3.8) is 0 Å². The fourth-order valence-electron chi connectivity index (χ4n) is 0.740. The van der Waals surface area contributed by atoms with Gasteiger partial charge in [0, 0.05) is 5.69 Å². The quantitative estimate of drug-likeness (QED) is 0.715. The van der Waals surface area contributed by atoms with Crippen molar-refractivity contribution in [2.45, 2.75) is 13.1 Å². The zero-order chi connectivity index (χ0) is 9.14. The van der Waals surface area contributed by atoms with Crippen molar-refractivity contribution in [2.75, 3.05) is 0 Å². The van der Waals surface area contributed by atoms with Crippen molar-refractivity contribution in [2.24, 2.45) is 0 Å². The largest absolute Gasteiger partial charge is 0.479 e. The fraction of sp³-hybridized carbons (Fsp3) is 0.286. The summed E-state index contributed by atoms with van der Waals surface area (Å²) < 4.78 is 12.7. The molecule has 4 nitrogen and oxygen atoms in total. The highest BCUT2D eigenvalue weighted by atomic mass is 19.1. The summed E-state index contributed by atoms with van der Waals surface area (Å²) >= 11 is 0. The van der Waals surface area contributed by atoms with Crippen LogP contribution in [-0.4, -0.2) is 21.0 Å². The first-order valence-corrected chi connectivity index (χ1v) is 3.26. The summed E-state index contributed by atoms with van der Waals surface area (Å²) in [5.74, 6) is -1.53. The van der Waals surface area contributed by atoms with E-state index in [-0.39, 0.29) is 5.69 Å². The van der Waals surface area contributed by atoms with Gasteiger partial charge in [-0.15, -0.1) is 0 Å². The van der Waals surface area contributed by atoms with Crippen LogP contribution in [0.3, 0.4) is 0 Å². The summed E-state index contributed by atoms with van der Waals surface area (Å²) in [4.78, 5) is 17.4. The molecule has 1 atom stereocenters. The highest BCUT2D eigenvalue weighted by Gasteiger charge is 2.19. The maximum atomic E-state index is 12.7. The minimum atomic E-state index is -2.06. The average molecular weight is 170 g/mol. The molecule has 0 aliphatic heterocycles. The van der Waals surface area contributed by atoms with Crippen molar-refractivity contribution >= 4 is 5.97 Å². The second-order valence-corrected chi connectivity index (χ2v) is 2.29. The maximum Gasteiger partial charge on any atom is 0.344 e. The van der Waals surface area contributed by atoms with E-state index in [4.69, 9.17) is 5.11 Å². The maximum absolute atomic E-state index is 12.7. The SMILES string of the molecule is Cc1cc(C(F)C(=O)O)ncn1. The molecule has 0 aliphatic rings. The van der Waals surface area contributed by atoms with Crippen LogP contribution in [0.15, 0.2) is 12.4 Å². The number of hydrogen-bond donors (Lipinski definition) is 1. The van der Waals surface area contributed by atoms with Gasteiger partial charge in [-0.1, -0.05) is 0 Å². The van der Waals surface area contributed by atoms with E-state index in [0.717, 1.165) is 6.33 Å². The number of alkyl halides is 1. The molecule has 12 heavy (non-hydrogen) atoms. The molecule has 1 N–H and O–H groups in total. The van der Waals surface area contributed by atoms with E-state index in [0.29, 0.717) is 5.69 Å². The molecule has 0 radical (unpaired) electrons. The van der Waals surface area contributed by atoms with Crippen LogP contribution in [0.5, 0.6) is 0 Å². The summed E-state index contributed by atoms with van der Waals surface area (Å²) in [5.41, 5.74) is 0.430. The molecule has 0 aromatic carbocycles. The molecule has 0 saturated heterocycles. The summed E-state index contributed by atoms with van der Waals surface area (Å²) in [6.45, 7) is 1.64. The Kier molecular flexibility index (Phi) is 2.32. The number of carboxylic acids is 1. The Balaban J connectivity index is 2.95. The Morgan fingerprint density at radius 1 is 1.67 bits per heavy atom. The highest BCUT2D eigenvalue weighted by Crippen LogP contribution is 2.14. The van der Waals surface area contributed by atoms with Crippen LogP contribution in [0.4, 0.5) is 4.39 Å². The van der Waals surface area contributed by atoms with Crippen molar-refractivity contribution in [1.29, 1.82) is 0 Å². The topological polar surface area (TPSA) is 63.1 Å². The number of rotatable bonds is 2. The lowest BCUT2D eigenvalue weighted by molar-refractivity contribution is -0.143. The van der Waals surface area contributed by atoms with Crippen LogP contribution in [0.1, 0.15) is 17.6 Å². The van der Waals surface area contributed by atoms with Crippen molar-refractivity contribution < 1.29 is 14.3 Å². The standard InChI is InChI=1S/C7H7FN2O2/c1-4-2-5(10-3-9-4)6(8)7(11)12/h2-3,6H,1H3,(H,11,12). The third kappa shape index (κ3) is 1.75. The third-order valence-electron chi connectivity index (χ3n) is 1.30. The van der Waals surface area contributed by atoms with Crippen LogP contribution < -0.4 is 0 Å². The molecular formula is C7H7FN2O2. The number of aryl methyl sites for hydroxylation is 1. The van der Waals surface area contributed by atoms with Gasteiger partial charge >= 0.3 is 5.97 Å². The molecular weight excluding hydrogens is 163 g/mol. The zero-order valence-corrected chi connectivity index (χ0v) is 6.36. The van der Waals surface area contributed by atoms with Crippen LogP contribution >= 0.6 is 0 Å². The van der Waals surface area contributed by atoms with E-state index < -0.39 is 12.1 Å². The van der Waals surface area contributed by atoms with Crippen molar-refractivity contribution in [1.82, 2.24) is 9.97 Å². The molecule has 0 aliphatic carbocycles. The first-order chi connectivity index (χ1) is 5.61. The number of halogens is 1. The third-order valence-corrected chi connectivity index (χ3v) is 1.30. The van der Waals surface area contributed by atoms with E-state index in [1.165, 1.54) is 6.07 Å². The zero-order valence-electron chi connectivity index (χ0n) is 6.36. The van der Waals surface area contributed by atoms with Crippen LogP contribution in [-0.2, 0) is 4.79 Å². The van der Waals surface area contributed by atoms with Gasteiger partial charge in [0.15, 0.2) is 0 Å². The van der Waals surface area contributed by atoms with Crippen LogP contribution in [0, 0.1) is 6.92 Å². The Morgan fingerprint density at radius 3 is 2.83 bits per heavy atom. The van der Waals surface area contributed by atoms with Gasteiger partial charge in [-0.05, 0) is 13.0 Å². The van der Waals surface area contributed by atoms with Crippen LogP contribution in [0.2, 0.25) is 0 Å². The van der Waals surface area contributed by atoms with E-state index >= 15 is 0 Å². The summed E-state index contributed by atoms with van der Waals surface area (Å²) in [5, 5.41) is 8.29. The average Bonchev–Trinajstić information content (AvgIpc) is 2.03. The minimum absolute atomic E-state index is 0.116. The Hall–Kier alpha value is -1.52. The number of aliphatic carboxylic acids is 1. The van der Waals surface area contributed by atoms with Gasteiger partial charge in [0.1, 0.15) is 6.33 Å². The molecule has 0 fully saturated rings. The first-order valence-electron chi connectivity index (χ1n) is 3.26. The fourth-order valence-corrected chi connectivity index (χ4v) is 0.740. The summed E-state index contributed by atoms with van der Waals surface area (Å²) in [6.07, 6.45) is -0.924. The normalized spacial score (nSPS) is 12.5. The van der Waals surface area contributed by atoms with Gasteiger partial charge in [0.05, 0.1) is 5.69 Å². The van der Waals surface area contributed by atoms with Gasteiger partial charge in [-0.3, -0.25) is 0 Å². The molecule has 0 spiro atoms. The smallest absolute Gasteiger partial charge is 0.344 e. The highest BCUT2D eigenvalue weighted by molar-refractivity contribution is 5.73. The van der Waals surface area contributed by atoms with Gasteiger partial charge in [0.2, 0.25) is 6.17 Å². The van der Waals surface area contributed by atoms with E-state index in [9.17, 15) is 9.18 Å². The molecule has 1 rings (SSSR count). The number of carbonyl (C=O) groups is 1. The first kappa shape index (κ1) is 8.58. The molecule has 0 amide bonds. The Labute approximate surface area is 68.1 Å². The molecule has 1 aromatic heterocycles. The lowest BCUT2D eigenvalue weighted by atomic mass is 10.2. The number of carboxylic acid groups (broad SMARTS) is 1. The van der Waals surface area contributed by atoms with Crippen molar-refractivity contribution in [3.05, 3.63) is 23.8 Å². The Morgan fingerprint density at radius 2 is 2.33 bits per heavy atom. The number of aromatic nitrogens is 2. The van der Waals surface area contributed by atoms with E-state index in [1.807, 2.05) is 0 Å². The van der Waals surface area contributed by atoms with Crippen molar-refractivity contribution in [3.8, 4) is 0 Å². The summed E-state index contributed by atoms with van der Waals surface area (Å²) in [7, 11) is 0. The molecule has 1 aromatic rings. The van der Waals surface area contributed by atoms with Crippen LogP contribution in [0.25, 0.3) is 0 Å². The number of hydrogen-bond acceptors (Lipinski definition) is 3. The molecule has 1 unspecified atom stereocenters. The molecule has 0 saturated carbocycles. The molecule has 64 valence electrons. The molecule has 1 heterocycles. The second kappa shape index (κ2) is 3.25. The summed E-state index contributed by atoms with van der Waals surface area (Å²) in [6, 6.07) is 1.30.